The zero-order valence-corrected chi connectivity index (χ0v) is 16.8. The molecule has 0 radical (unpaired) electrons. The van der Waals surface area contributed by atoms with Crippen LogP contribution in [0.1, 0.15) is 23.0 Å². The SMILES string of the molecule is Cc1cc(Cl)ccc1O[C@H](C)C(=O)NNC(=O)c1nn(C)c(=O)c2ccccc12. The molecule has 2 amide bonds. The lowest BCUT2D eigenvalue weighted by atomic mass is 10.1. The van der Waals surface area contributed by atoms with Gasteiger partial charge in [0.2, 0.25) is 0 Å². The van der Waals surface area contributed by atoms with Crippen molar-refractivity contribution in [3.63, 3.8) is 0 Å². The number of amides is 2. The molecule has 0 aliphatic heterocycles. The Kier molecular flexibility index (Phi) is 5.84. The molecule has 2 aromatic carbocycles. The van der Waals surface area contributed by atoms with Gasteiger partial charge in [-0.15, -0.1) is 0 Å². The number of nitrogens with one attached hydrogen (secondary N) is 2. The van der Waals surface area contributed by atoms with Crippen LogP contribution in [0.4, 0.5) is 0 Å². The Balaban J connectivity index is 1.70. The largest absolute Gasteiger partial charge is 0.481 e. The number of hydrogen-bond donors (Lipinski definition) is 2. The predicted octanol–water partition coefficient (Wildman–Crippen LogP) is 2.12. The quantitative estimate of drug-likeness (QED) is 0.637. The number of hydrazine groups is 1. The maximum Gasteiger partial charge on any atom is 0.290 e. The molecule has 29 heavy (non-hydrogen) atoms. The van der Waals surface area contributed by atoms with Crippen LogP contribution in [0.15, 0.2) is 47.3 Å². The summed E-state index contributed by atoms with van der Waals surface area (Å²) in [4.78, 5) is 37.0. The van der Waals surface area contributed by atoms with Gasteiger partial charge in [-0.05, 0) is 43.7 Å². The Morgan fingerprint density at radius 3 is 2.52 bits per heavy atom. The van der Waals surface area contributed by atoms with Crippen molar-refractivity contribution in [1.82, 2.24) is 20.6 Å². The van der Waals surface area contributed by atoms with Crippen molar-refractivity contribution in [3.8, 4) is 5.75 Å². The van der Waals surface area contributed by atoms with Crippen molar-refractivity contribution < 1.29 is 14.3 Å². The zero-order valence-electron chi connectivity index (χ0n) is 16.0. The average Bonchev–Trinajstić information content (AvgIpc) is 2.70. The number of hydrogen-bond acceptors (Lipinski definition) is 5. The van der Waals surface area contributed by atoms with Crippen molar-refractivity contribution in [2.45, 2.75) is 20.0 Å². The van der Waals surface area contributed by atoms with Crippen molar-refractivity contribution in [2.75, 3.05) is 0 Å². The molecule has 3 aromatic rings. The van der Waals surface area contributed by atoms with Gasteiger partial charge < -0.3 is 4.74 Å². The van der Waals surface area contributed by atoms with Gasteiger partial charge in [0.25, 0.3) is 17.4 Å². The highest BCUT2D eigenvalue weighted by Gasteiger charge is 2.19. The van der Waals surface area contributed by atoms with Gasteiger partial charge in [-0.2, -0.15) is 5.10 Å². The molecule has 3 rings (SSSR count). The summed E-state index contributed by atoms with van der Waals surface area (Å²) in [5.41, 5.74) is 5.10. The number of benzene rings is 2. The number of aromatic nitrogens is 2. The number of carbonyl (C=O) groups is 2. The van der Waals surface area contributed by atoms with Crippen LogP contribution in [0.25, 0.3) is 10.8 Å². The maximum absolute atomic E-state index is 12.5. The van der Waals surface area contributed by atoms with Crippen LogP contribution in [0, 0.1) is 6.92 Å². The van der Waals surface area contributed by atoms with E-state index in [9.17, 15) is 14.4 Å². The fourth-order valence-corrected chi connectivity index (χ4v) is 2.96. The Bertz CT molecular complexity index is 1160. The Morgan fingerprint density at radius 1 is 1.14 bits per heavy atom. The van der Waals surface area contributed by atoms with Crippen molar-refractivity contribution in [3.05, 3.63) is 69.1 Å². The molecular formula is C20H19ClN4O4. The van der Waals surface area contributed by atoms with Crippen LogP contribution in [0.2, 0.25) is 5.02 Å². The summed E-state index contributed by atoms with van der Waals surface area (Å²) in [6.07, 6.45) is -0.875. The molecule has 1 atom stereocenters. The zero-order chi connectivity index (χ0) is 21.1. The summed E-state index contributed by atoms with van der Waals surface area (Å²) in [5, 5.41) is 5.32. The van der Waals surface area contributed by atoms with Crippen LogP contribution < -0.4 is 21.1 Å². The Labute approximate surface area is 171 Å². The molecule has 9 heteroatoms. The number of halogens is 1. The Morgan fingerprint density at radius 2 is 1.83 bits per heavy atom. The van der Waals surface area contributed by atoms with E-state index < -0.39 is 17.9 Å². The van der Waals surface area contributed by atoms with Crippen LogP contribution >= 0.6 is 11.6 Å². The Hall–Kier alpha value is -3.39. The lowest BCUT2D eigenvalue weighted by molar-refractivity contribution is -0.128. The third-order valence-corrected chi connectivity index (χ3v) is 4.52. The van der Waals surface area contributed by atoms with Crippen molar-refractivity contribution >= 4 is 34.2 Å². The second-order valence-electron chi connectivity index (χ2n) is 6.44. The highest BCUT2D eigenvalue weighted by molar-refractivity contribution is 6.30. The highest BCUT2D eigenvalue weighted by atomic mass is 35.5. The van der Waals surface area contributed by atoms with E-state index in [2.05, 4.69) is 16.0 Å². The molecule has 1 heterocycles. The monoisotopic (exact) mass is 414 g/mol. The minimum atomic E-state index is -0.875. The fraction of sp³-hybridized carbons (Fsp3) is 0.200. The smallest absolute Gasteiger partial charge is 0.290 e. The summed E-state index contributed by atoms with van der Waals surface area (Å²) in [6.45, 7) is 3.36. The van der Waals surface area contributed by atoms with E-state index in [1.165, 1.54) is 7.05 Å². The minimum absolute atomic E-state index is 0.0186. The van der Waals surface area contributed by atoms with E-state index in [4.69, 9.17) is 16.3 Å². The number of nitrogens with zero attached hydrogens (tertiary/aromatic N) is 2. The second kappa shape index (κ2) is 8.32. The molecule has 0 spiro atoms. The van der Waals surface area contributed by atoms with Gasteiger partial charge in [0, 0.05) is 17.5 Å². The molecular weight excluding hydrogens is 396 g/mol. The average molecular weight is 415 g/mol. The third-order valence-electron chi connectivity index (χ3n) is 4.28. The normalized spacial score (nSPS) is 11.7. The third kappa shape index (κ3) is 4.38. The molecule has 2 N–H and O–H groups in total. The van der Waals surface area contributed by atoms with Crippen molar-refractivity contribution in [1.29, 1.82) is 0 Å². The summed E-state index contributed by atoms with van der Waals surface area (Å²) < 4.78 is 6.70. The van der Waals surface area contributed by atoms with Gasteiger partial charge in [0.1, 0.15) is 5.75 Å². The first-order chi connectivity index (χ1) is 13.8. The molecule has 8 nitrogen and oxygen atoms in total. The first-order valence-corrected chi connectivity index (χ1v) is 9.14. The molecule has 0 unspecified atom stereocenters. The molecule has 0 aliphatic rings. The number of rotatable bonds is 4. The van der Waals surface area contributed by atoms with Crippen LogP contribution in [0.3, 0.4) is 0 Å². The lowest BCUT2D eigenvalue weighted by Crippen LogP contribution is -2.47. The first-order valence-electron chi connectivity index (χ1n) is 8.77. The van der Waals surface area contributed by atoms with Gasteiger partial charge in [0.15, 0.2) is 11.8 Å². The van der Waals surface area contributed by atoms with E-state index in [-0.39, 0.29) is 11.3 Å². The summed E-state index contributed by atoms with van der Waals surface area (Å²) in [7, 11) is 1.45. The lowest BCUT2D eigenvalue weighted by Gasteiger charge is -2.17. The molecule has 1 aromatic heterocycles. The molecule has 0 bridgehead atoms. The minimum Gasteiger partial charge on any atom is -0.481 e. The topological polar surface area (TPSA) is 102 Å². The number of ether oxygens (including phenoxy) is 1. The van der Waals surface area contributed by atoms with E-state index >= 15 is 0 Å². The maximum atomic E-state index is 12.5. The van der Waals surface area contributed by atoms with Gasteiger partial charge in [-0.25, -0.2) is 4.68 Å². The van der Waals surface area contributed by atoms with Gasteiger partial charge in [-0.1, -0.05) is 29.8 Å². The van der Waals surface area contributed by atoms with E-state index in [0.717, 1.165) is 10.2 Å². The predicted molar refractivity (Wildman–Crippen MR) is 109 cm³/mol. The summed E-state index contributed by atoms with van der Waals surface area (Å²) in [5.74, 6) is -0.698. The molecule has 0 fully saturated rings. The van der Waals surface area contributed by atoms with E-state index in [0.29, 0.717) is 21.5 Å². The van der Waals surface area contributed by atoms with Crippen LogP contribution in [0.5, 0.6) is 5.75 Å². The number of fused-ring (bicyclic) bond motifs is 1. The van der Waals surface area contributed by atoms with E-state index in [1.54, 1.807) is 49.4 Å². The molecule has 150 valence electrons. The van der Waals surface area contributed by atoms with Gasteiger partial charge in [-0.3, -0.25) is 25.2 Å². The second-order valence-corrected chi connectivity index (χ2v) is 6.87. The molecule has 0 saturated heterocycles. The standard InChI is InChI=1S/C20H19ClN4O4/c1-11-10-13(21)8-9-16(11)29-12(2)18(26)22-23-19(27)17-14-6-4-5-7-15(14)20(28)25(3)24-17/h4-10,12H,1-3H3,(H,22,26)(H,23,27)/t12-/m1/s1. The van der Waals surface area contributed by atoms with Gasteiger partial charge >= 0.3 is 0 Å². The first kappa shape index (κ1) is 20.3. The molecule has 0 aliphatic carbocycles. The van der Waals surface area contributed by atoms with Crippen molar-refractivity contribution in [2.24, 2.45) is 7.05 Å². The molecule has 0 saturated carbocycles. The highest BCUT2D eigenvalue weighted by Crippen LogP contribution is 2.22. The summed E-state index contributed by atoms with van der Waals surface area (Å²) in [6, 6.07) is 11.7. The summed E-state index contributed by atoms with van der Waals surface area (Å²) >= 11 is 5.91. The number of carbonyl (C=O) groups excluding carboxylic acids is 2. The fourth-order valence-electron chi connectivity index (χ4n) is 2.74. The number of aryl methyl sites for hydroxylation is 2. The van der Waals surface area contributed by atoms with Gasteiger partial charge in [0.05, 0.1) is 5.39 Å². The van der Waals surface area contributed by atoms with Crippen LogP contribution in [-0.4, -0.2) is 27.7 Å². The van der Waals surface area contributed by atoms with Crippen LogP contribution in [-0.2, 0) is 11.8 Å². The van der Waals surface area contributed by atoms with E-state index in [1.807, 2.05) is 6.92 Å².